The van der Waals surface area contributed by atoms with Crippen molar-refractivity contribution in [2.45, 2.75) is 38.4 Å². The van der Waals surface area contributed by atoms with Crippen molar-refractivity contribution in [2.24, 2.45) is 0 Å². The maximum absolute atomic E-state index is 14.0. The molecular formula is C28H24FN3OS. The average molecular weight is 470 g/mol. The third-order valence-corrected chi connectivity index (χ3v) is 7.96. The van der Waals surface area contributed by atoms with Gasteiger partial charge in [0.05, 0.1) is 18.3 Å². The molecule has 0 saturated heterocycles. The molecule has 5 aromatic rings. The van der Waals surface area contributed by atoms with E-state index in [1.165, 1.54) is 16.3 Å². The predicted molar refractivity (Wildman–Crippen MR) is 136 cm³/mol. The van der Waals surface area contributed by atoms with Gasteiger partial charge in [-0.1, -0.05) is 60.7 Å². The Kier molecular flexibility index (Phi) is 5.47. The molecule has 4 nitrogen and oxygen atoms in total. The second kappa shape index (κ2) is 8.78. The van der Waals surface area contributed by atoms with E-state index < -0.39 is 0 Å². The molecule has 0 fully saturated rings. The third-order valence-electron chi connectivity index (χ3n) is 6.80. The normalized spacial score (nSPS) is 15.6. The lowest BCUT2D eigenvalue weighted by atomic mass is 9.93. The van der Waals surface area contributed by atoms with E-state index in [-0.39, 0.29) is 17.4 Å². The summed E-state index contributed by atoms with van der Waals surface area (Å²) in [6.45, 7) is 1.01. The number of halogens is 1. The van der Waals surface area contributed by atoms with Crippen molar-refractivity contribution in [3.05, 3.63) is 111 Å². The zero-order chi connectivity index (χ0) is 23.1. The number of aryl methyl sites for hydroxylation is 1. The Labute approximate surface area is 200 Å². The quantitative estimate of drug-likeness (QED) is 0.373. The van der Waals surface area contributed by atoms with Crippen LogP contribution in [0.1, 0.15) is 28.0 Å². The summed E-state index contributed by atoms with van der Waals surface area (Å²) in [6.07, 6.45) is 4.28. The molecule has 1 N–H and O–H groups in total. The van der Waals surface area contributed by atoms with Crippen LogP contribution in [0.3, 0.4) is 0 Å². The fraction of sp³-hybridized carbons (Fsp3) is 0.214. The Bertz CT molecular complexity index is 1570. The number of nitrogens with one attached hydrogen (secondary N) is 1. The van der Waals surface area contributed by atoms with E-state index in [0.717, 1.165) is 46.0 Å². The fourth-order valence-corrected chi connectivity index (χ4v) is 6.26. The van der Waals surface area contributed by atoms with E-state index in [1.54, 1.807) is 28.3 Å². The molecule has 2 aromatic heterocycles. The molecule has 1 atom stereocenters. The Morgan fingerprint density at radius 2 is 1.82 bits per heavy atom. The first kappa shape index (κ1) is 21.2. The second-order valence-corrected chi connectivity index (χ2v) is 10.00. The molecule has 1 unspecified atom stereocenters. The lowest BCUT2D eigenvalue weighted by molar-refractivity contribution is 0.456. The average Bonchev–Trinajstić information content (AvgIpc) is 3.24. The van der Waals surface area contributed by atoms with E-state index >= 15 is 0 Å². The topological polar surface area (TPSA) is 46.9 Å². The SMILES string of the molecule is O=c1c2c3c(sc2ncn1Cc1cccc2ccccc12)CC(NCc1ccccc1F)CC3. The number of benzene rings is 3. The Morgan fingerprint density at radius 1 is 1.03 bits per heavy atom. The molecule has 6 rings (SSSR count). The van der Waals surface area contributed by atoms with Gasteiger partial charge in [-0.05, 0) is 47.2 Å². The number of fused-ring (bicyclic) bond motifs is 4. The molecule has 34 heavy (non-hydrogen) atoms. The predicted octanol–water partition coefficient (Wildman–Crippen LogP) is 5.45. The van der Waals surface area contributed by atoms with E-state index in [0.29, 0.717) is 18.7 Å². The molecule has 6 heteroatoms. The summed E-state index contributed by atoms with van der Waals surface area (Å²) in [5.74, 6) is -0.177. The number of hydrogen-bond acceptors (Lipinski definition) is 4. The van der Waals surface area contributed by atoms with Crippen LogP contribution in [0.25, 0.3) is 21.0 Å². The van der Waals surface area contributed by atoms with Crippen molar-refractivity contribution in [1.29, 1.82) is 0 Å². The van der Waals surface area contributed by atoms with Crippen LogP contribution in [0.2, 0.25) is 0 Å². The number of rotatable bonds is 5. The minimum atomic E-state index is -0.177. The highest BCUT2D eigenvalue weighted by Crippen LogP contribution is 2.34. The molecule has 0 bridgehead atoms. The van der Waals surface area contributed by atoms with Gasteiger partial charge in [-0.3, -0.25) is 9.36 Å². The lowest BCUT2D eigenvalue weighted by Gasteiger charge is -2.23. The monoisotopic (exact) mass is 469 g/mol. The van der Waals surface area contributed by atoms with E-state index in [4.69, 9.17) is 0 Å². The standard InChI is InChI=1S/C28H24FN3OS/c29-24-11-4-2-7-19(24)15-30-21-12-13-23-25(14-21)34-27-26(23)28(33)32(17-31-27)16-20-9-5-8-18-6-1-3-10-22(18)20/h1-11,17,21,30H,12-16H2. The molecule has 0 amide bonds. The van der Waals surface area contributed by atoms with Crippen LogP contribution in [-0.4, -0.2) is 15.6 Å². The van der Waals surface area contributed by atoms with Crippen LogP contribution >= 0.6 is 11.3 Å². The largest absolute Gasteiger partial charge is 0.309 e. The van der Waals surface area contributed by atoms with Crippen LogP contribution in [0.15, 0.2) is 77.9 Å². The Morgan fingerprint density at radius 3 is 2.74 bits per heavy atom. The molecule has 0 spiro atoms. The summed E-state index contributed by atoms with van der Waals surface area (Å²) < 4.78 is 15.7. The lowest BCUT2D eigenvalue weighted by Crippen LogP contribution is -2.34. The first-order valence-corrected chi connectivity index (χ1v) is 12.4. The summed E-state index contributed by atoms with van der Waals surface area (Å²) in [5.41, 5.74) is 2.98. The Balaban J connectivity index is 1.27. The summed E-state index contributed by atoms with van der Waals surface area (Å²) >= 11 is 1.62. The summed E-state index contributed by atoms with van der Waals surface area (Å²) in [6, 6.07) is 21.6. The smallest absolute Gasteiger partial charge is 0.262 e. The highest BCUT2D eigenvalue weighted by Gasteiger charge is 2.25. The number of aromatic nitrogens is 2. The molecular weight excluding hydrogens is 445 g/mol. The van der Waals surface area contributed by atoms with Crippen molar-refractivity contribution in [1.82, 2.24) is 14.9 Å². The van der Waals surface area contributed by atoms with E-state index in [1.807, 2.05) is 30.3 Å². The van der Waals surface area contributed by atoms with Crippen LogP contribution < -0.4 is 10.9 Å². The third kappa shape index (κ3) is 3.83. The highest BCUT2D eigenvalue weighted by molar-refractivity contribution is 7.18. The van der Waals surface area contributed by atoms with Crippen LogP contribution in [0.5, 0.6) is 0 Å². The zero-order valence-corrected chi connectivity index (χ0v) is 19.4. The van der Waals surface area contributed by atoms with Gasteiger partial charge in [-0.2, -0.15) is 0 Å². The highest BCUT2D eigenvalue weighted by atomic mass is 32.1. The zero-order valence-electron chi connectivity index (χ0n) is 18.6. The van der Waals surface area contributed by atoms with Crippen molar-refractivity contribution >= 4 is 32.3 Å². The van der Waals surface area contributed by atoms with E-state index in [2.05, 4.69) is 34.6 Å². The van der Waals surface area contributed by atoms with Gasteiger partial charge >= 0.3 is 0 Å². The summed E-state index contributed by atoms with van der Waals surface area (Å²) in [7, 11) is 0. The molecule has 1 aliphatic carbocycles. The summed E-state index contributed by atoms with van der Waals surface area (Å²) in [4.78, 5) is 20.2. The van der Waals surface area contributed by atoms with Gasteiger partial charge in [0.2, 0.25) is 0 Å². The van der Waals surface area contributed by atoms with Crippen LogP contribution in [0, 0.1) is 5.82 Å². The summed E-state index contributed by atoms with van der Waals surface area (Å²) in [5, 5.41) is 6.61. The first-order chi connectivity index (χ1) is 16.7. The van der Waals surface area contributed by atoms with Crippen molar-refractivity contribution in [2.75, 3.05) is 0 Å². The van der Waals surface area contributed by atoms with Gasteiger partial charge in [0.25, 0.3) is 5.56 Å². The maximum Gasteiger partial charge on any atom is 0.262 e. The molecule has 1 aliphatic rings. The van der Waals surface area contributed by atoms with Gasteiger partial charge in [0.15, 0.2) is 0 Å². The van der Waals surface area contributed by atoms with Crippen molar-refractivity contribution in [3.63, 3.8) is 0 Å². The van der Waals surface area contributed by atoms with Gasteiger partial charge < -0.3 is 5.32 Å². The van der Waals surface area contributed by atoms with Crippen LogP contribution in [-0.2, 0) is 25.9 Å². The number of nitrogens with zero attached hydrogens (tertiary/aromatic N) is 2. The minimum Gasteiger partial charge on any atom is -0.309 e. The molecule has 2 heterocycles. The molecule has 0 saturated carbocycles. The molecule has 0 radical (unpaired) electrons. The molecule has 3 aromatic carbocycles. The fourth-order valence-electron chi connectivity index (χ4n) is 5.00. The van der Waals surface area contributed by atoms with E-state index in [9.17, 15) is 9.18 Å². The minimum absolute atomic E-state index is 0.0354. The van der Waals surface area contributed by atoms with Crippen molar-refractivity contribution in [3.8, 4) is 0 Å². The van der Waals surface area contributed by atoms with Gasteiger partial charge in [-0.25, -0.2) is 9.37 Å². The second-order valence-electron chi connectivity index (χ2n) is 8.91. The molecule has 0 aliphatic heterocycles. The Hall–Kier alpha value is -3.35. The van der Waals surface area contributed by atoms with Crippen molar-refractivity contribution < 1.29 is 4.39 Å². The number of thiophene rings is 1. The first-order valence-electron chi connectivity index (χ1n) is 11.6. The molecule has 170 valence electrons. The van der Waals surface area contributed by atoms with Gasteiger partial charge in [0.1, 0.15) is 10.6 Å². The van der Waals surface area contributed by atoms with Crippen LogP contribution in [0.4, 0.5) is 4.39 Å². The number of hydrogen-bond donors (Lipinski definition) is 1. The van der Waals surface area contributed by atoms with Gasteiger partial charge in [0, 0.05) is 23.0 Å². The maximum atomic E-state index is 14.0. The van der Waals surface area contributed by atoms with Gasteiger partial charge in [-0.15, -0.1) is 11.3 Å².